The average molecular weight is 311 g/mol. The molecule has 0 radical (unpaired) electrons. The molecule has 1 atom stereocenters. The zero-order valence-corrected chi connectivity index (χ0v) is 13.5. The molecule has 0 aliphatic heterocycles. The minimum atomic E-state index is -0.584. The Kier molecular flexibility index (Phi) is 4.63. The van der Waals surface area contributed by atoms with Crippen LogP contribution in [0.25, 0.3) is 11.0 Å². The normalized spacial score (nSPS) is 12.5. The van der Waals surface area contributed by atoms with E-state index in [4.69, 9.17) is 9.15 Å². The Balaban J connectivity index is 1.68. The molecule has 0 bridgehead atoms. The van der Waals surface area contributed by atoms with Gasteiger partial charge in [0.1, 0.15) is 23.2 Å². The van der Waals surface area contributed by atoms with Crippen LogP contribution >= 0.6 is 0 Å². The van der Waals surface area contributed by atoms with E-state index in [-0.39, 0.29) is 0 Å². The van der Waals surface area contributed by atoms with E-state index in [9.17, 15) is 5.11 Å². The third-order valence-electron chi connectivity index (χ3n) is 3.79. The van der Waals surface area contributed by atoms with Gasteiger partial charge in [-0.15, -0.1) is 0 Å². The fourth-order valence-electron chi connectivity index (χ4n) is 2.54. The van der Waals surface area contributed by atoms with Crippen LogP contribution in [0.2, 0.25) is 0 Å². The highest BCUT2D eigenvalue weighted by Gasteiger charge is 2.09. The average Bonchev–Trinajstić information content (AvgIpc) is 2.98. The summed E-state index contributed by atoms with van der Waals surface area (Å²) in [5.74, 6) is 1.41. The number of hydrogen-bond donors (Lipinski definition) is 1. The SMILES string of the molecule is CCOc1ccc(CCc2ccc3cc(C(C)O)oc3c2)nc1. The summed E-state index contributed by atoms with van der Waals surface area (Å²) in [5.41, 5.74) is 3.05. The van der Waals surface area contributed by atoms with Gasteiger partial charge >= 0.3 is 0 Å². The Morgan fingerprint density at radius 3 is 2.74 bits per heavy atom. The number of furan rings is 1. The Bertz CT molecular complexity index is 775. The molecular weight excluding hydrogens is 290 g/mol. The van der Waals surface area contributed by atoms with Crippen LogP contribution in [0.4, 0.5) is 0 Å². The van der Waals surface area contributed by atoms with Crippen molar-refractivity contribution >= 4 is 11.0 Å². The van der Waals surface area contributed by atoms with Crippen molar-refractivity contribution < 1.29 is 14.3 Å². The number of hydrogen-bond acceptors (Lipinski definition) is 4. The third kappa shape index (κ3) is 3.71. The van der Waals surface area contributed by atoms with E-state index in [1.165, 1.54) is 5.56 Å². The van der Waals surface area contributed by atoms with Gasteiger partial charge in [0.15, 0.2) is 0 Å². The minimum absolute atomic E-state index is 0.584. The molecule has 1 unspecified atom stereocenters. The van der Waals surface area contributed by atoms with Gasteiger partial charge in [0.25, 0.3) is 0 Å². The maximum absolute atomic E-state index is 9.59. The molecule has 0 saturated heterocycles. The van der Waals surface area contributed by atoms with E-state index in [0.717, 1.165) is 35.3 Å². The maximum Gasteiger partial charge on any atom is 0.137 e. The number of aryl methyl sites for hydroxylation is 2. The first-order chi connectivity index (χ1) is 11.2. The molecule has 3 rings (SSSR count). The molecule has 0 fully saturated rings. The summed E-state index contributed by atoms with van der Waals surface area (Å²) < 4.78 is 11.1. The van der Waals surface area contributed by atoms with E-state index >= 15 is 0 Å². The summed E-state index contributed by atoms with van der Waals surface area (Å²) in [5, 5.41) is 10.6. The number of benzene rings is 1. The highest BCUT2D eigenvalue weighted by Crippen LogP contribution is 2.25. The van der Waals surface area contributed by atoms with Crippen LogP contribution in [0.3, 0.4) is 0 Å². The first-order valence-electron chi connectivity index (χ1n) is 7.94. The zero-order chi connectivity index (χ0) is 16.2. The molecule has 1 aromatic carbocycles. The fraction of sp³-hybridized carbons (Fsp3) is 0.316. The molecule has 0 amide bonds. The highest BCUT2D eigenvalue weighted by molar-refractivity contribution is 5.78. The van der Waals surface area contributed by atoms with Gasteiger partial charge in [-0.25, -0.2) is 0 Å². The Morgan fingerprint density at radius 1 is 1.17 bits per heavy atom. The fourth-order valence-corrected chi connectivity index (χ4v) is 2.54. The monoisotopic (exact) mass is 311 g/mol. The first-order valence-corrected chi connectivity index (χ1v) is 7.94. The molecule has 1 N–H and O–H groups in total. The second kappa shape index (κ2) is 6.84. The lowest BCUT2D eigenvalue weighted by atomic mass is 10.1. The van der Waals surface area contributed by atoms with Gasteiger partial charge in [0.05, 0.1) is 12.8 Å². The van der Waals surface area contributed by atoms with Gasteiger partial charge in [0.2, 0.25) is 0 Å². The summed E-state index contributed by atoms with van der Waals surface area (Å²) in [7, 11) is 0. The van der Waals surface area contributed by atoms with Crippen LogP contribution in [0.15, 0.2) is 47.0 Å². The van der Waals surface area contributed by atoms with Gasteiger partial charge in [-0.1, -0.05) is 12.1 Å². The van der Waals surface area contributed by atoms with Gasteiger partial charge < -0.3 is 14.3 Å². The van der Waals surface area contributed by atoms with Crippen molar-refractivity contribution in [2.75, 3.05) is 6.61 Å². The van der Waals surface area contributed by atoms with Crippen LogP contribution in [-0.2, 0) is 12.8 Å². The summed E-state index contributed by atoms with van der Waals surface area (Å²) in [6, 6.07) is 12.0. The smallest absolute Gasteiger partial charge is 0.137 e. The van der Waals surface area contributed by atoms with Crippen LogP contribution in [0.1, 0.15) is 37.0 Å². The summed E-state index contributed by atoms with van der Waals surface area (Å²) in [6.45, 7) is 4.32. The Morgan fingerprint density at radius 2 is 2.04 bits per heavy atom. The molecule has 120 valence electrons. The zero-order valence-electron chi connectivity index (χ0n) is 13.5. The van der Waals surface area contributed by atoms with Gasteiger partial charge in [-0.2, -0.15) is 0 Å². The van der Waals surface area contributed by atoms with Crippen molar-refractivity contribution in [3.8, 4) is 5.75 Å². The number of aliphatic hydroxyl groups is 1. The minimum Gasteiger partial charge on any atom is -0.492 e. The predicted octanol–water partition coefficient (Wildman–Crippen LogP) is 4.07. The van der Waals surface area contributed by atoms with Crippen LogP contribution in [0, 0.1) is 0 Å². The number of ether oxygens (including phenoxy) is 1. The molecule has 2 aromatic heterocycles. The van der Waals surface area contributed by atoms with Crippen molar-refractivity contribution in [1.29, 1.82) is 0 Å². The van der Waals surface area contributed by atoms with Crippen LogP contribution in [-0.4, -0.2) is 16.7 Å². The number of aromatic nitrogens is 1. The molecule has 3 aromatic rings. The molecule has 0 spiro atoms. The van der Waals surface area contributed by atoms with Crippen molar-refractivity contribution in [2.45, 2.75) is 32.8 Å². The summed E-state index contributed by atoms with van der Waals surface area (Å²) >= 11 is 0. The van der Waals surface area contributed by atoms with Crippen molar-refractivity contribution in [3.05, 3.63) is 59.6 Å². The van der Waals surface area contributed by atoms with Crippen molar-refractivity contribution in [1.82, 2.24) is 4.98 Å². The second-order valence-electron chi connectivity index (χ2n) is 5.62. The summed E-state index contributed by atoms with van der Waals surface area (Å²) in [4.78, 5) is 4.42. The quantitative estimate of drug-likeness (QED) is 0.745. The lowest BCUT2D eigenvalue weighted by Crippen LogP contribution is -1.96. The lowest BCUT2D eigenvalue weighted by Gasteiger charge is -2.04. The number of rotatable bonds is 6. The van der Waals surface area contributed by atoms with E-state index in [0.29, 0.717) is 12.4 Å². The molecule has 4 nitrogen and oxygen atoms in total. The molecule has 0 saturated carbocycles. The predicted molar refractivity (Wildman–Crippen MR) is 89.7 cm³/mol. The molecule has 23 heavy (non-hydrogen) atoms. The van der Waals surface area contributed by atoms with Gasteiger partial charge in [-0.05, 0) is 56.5 Å². The van der Waals surface area contributed by atoms with Crippen LogP contribution in [0.5, 0.6) is 5.75 Å². The van der Waals surface area contributed by atoms with Crippen molar-refractivity contribution in [2.24, 2.45) is 0 Å². The Labute approximate surface area is 135 Å². The van der Waals surface area contributed by atoms with Gasteiger partial charge in [-0.3, -0.25) is 4.98 Å². The maximum atomic E-state index is 9.59. The lowest BCUT2D eigenvalue weighted by molar-refractivity contribution is 0.172. The van der Waals surface area contributed by atoms with E-state index < -0.39 is 6.10 Å². The van der Waals surface area contributed by atoms with Crippen LogP contribution < -0.4 is 4.74 Å². The largest absolute Gasteiger partial charge is 0.492 e. The standard InChI is InChI=1S/C19H21NO3/c1-3-22-17-9-8-16(20-12-17)7-5-14-4-6-15-11-18(13(2)21)23-19(15)10-14/h4,6,8-13,21H,3,5,7H2,1-2H3. The Hall–Kier alpha value is -2.33. The third-order valence-corrected chi connectivity index (χ3v) is 3.79. The summed E-state index contributed by atoms with van der Waals surface area (Å²) in [6.07, 6.45) is 2.94. The molecule has 2 heterocycles. The topological polar surface area (TPSA) is 55.5 Å². The van der Waals surface area contributed by atoms with E-state index in [1.807, 2.05) is 37.3 Å². The number of nitrogens with zero attached hydrogens (tertiary/aromatic N) is 1. The number of pyridine rings is 1. The number of fused-ring (bicyclic) bond motifs is 1. The highest BCUT2D eigenvalue weighted by atomic mass is 16.5. The number of aliphatic hydroxyl groups excluding tert-OH is 1. The molecule has 0 aliphatic rings. The first kappa shape index (κ1) is 15.6. The van der Waals surface area contributed by atoms with E-state index in [2.05, 4.69) is 11.1 Å². The van der Waals surface area contributed by atoms with Crippen molar-refractivity contribution in [3.63, 3.8) is 0 Å². The second-order valence-corrected chi connectivity index (χ2v) is 5.62. The molecular formula is C19H21NO3. The van der Waals surface area contributed by atoms with E-state index in [1.54, 1.807) is 13.1 Å². The molecule has 0 aliphatic carbocycles. The van der Waals surface area contributed by atoms with Gasteiger partial charge in [0, 0.05) is 11.1 Å². The molecule has 4 heteroatoms.